The Bertz CT molecular complexity index is 376. The molecule has 88 valence electrons. The predicted molar refractivity (Wildman–Crippen MR) is 70.5 cm³/mol. The molecule has 1 amide bonds. The Balaban J connectivity index is 2.33. The monoisotopic (exact) mass is 257 g/mol. The summed E-state index contributed by atoms with van der Waals surface area (Å²) >= 11 is 6.50. The molecule has 0 aromatic carbocycles. The number of rotatable bonds is 3. The van der Waals surface area contributed by atoms with Gasteiger partial charge in [0.1, 0.15) is 0 Å². The molecule has 1 rings (SSSR count). The van der Waals surface area contributed by atoms with Crippen LogP contribution in [0.3, 0.4) is 0 Å². The number of thiophene rings is 1. The van der Waals surface area contributed by atoms with Crippen molar-refractivity contribution in [2.24, 2.45) is 0 Å². The van der Waals surface area contributed by atoms with Crippen molar-refractivity contribution in [3.05, 3.63) is 21.9 Å². The number of amides is 1. The molecule has 0 fully saturated rings. The fourth-order valence-electron chi connectivity index (χ4n) is 1.03. The molecule has 1 aromatic rings. The zero-order valence-corrected chi connectivity index (χ0v) is 10.9. The van der Waals surface area contributed by atoms with Crippen molar-refractivity contribution in [1.29, 1.82) is 0 Å². The SMILES string of the molecule is CCCNC(=S)NNC(=O)c1csc(C)c1. The fourth-order valence-corrected chi connectivity index (χ4v) is 1.87. The van der Waals surface area contributed by atoms with Crippen LogP contribution in [0.15, 0.2) is 11.4 Å². The Morgan fingerprint density at radius 3 is 2.81 bits per heavy atom. The van der Waals surface area contributed by atoms with Gasteiger partial charge in [0.25, 0.3) is 5.91 Å². The Morgan fingerprint density at radius 2 is 2.25 bits per heavy atom. The van der Waals surface area contributed by atoms with Crippen LogP contribution < -0.4 is 16.2 Å². The number of hydrogen-bond acceptors (Lipinski definition) is 3. The Labute approximate surface area is 104 Å². The maximum Gasteiger partial charge on any atom is 0.270 e. The van der Waals surface area contributed by atoms with Crippen molar-refractivity contribution in [2.75, 3.05) is 6.54 Å². The molecule has 1 heterocycles. The molecule has 0 unspecified atom stereocenters. The second-order valence-corrected chi connectivity index (χ2v) is 4.80. The molecule has 16 heavy (non-hydrogen) atoms. The number of hydrazine groups is 1. The van der Waals surface area contributed by atoms with Crippen LogP contribution in [0.25, 0.3) is 0 Å². The lowest BCUT2D eigenvalue weighted by Gasteiger charge is -2.09. The molecule has 0 aliphatic heterocycles. The topological polar surface area (TPSA) is 53.2 Å². The number of carbonyl (C=O) groups excluding carboxylic acids is 1. The van der Waals surface area contributed by atoms with Gasteiger partial charge in [-0.1, -0.05) is 6.92 Å². The second kappa shape index (κ2) is 6.44. The smallest absolute Gasteiger partial charge is 0.270 e. The summed E-state index contributed by atoms with van der Waals surface area (Å²) in [6, 6.07) is 1.84. The molecule has 4 nitrogen and oxygen atoms in total. The molecule has 6 heteroatoms. The first-order valence-electron chi connectivity index (χ1n) is 5.02. The molecular formula is C10H15N3OS2. The average molecular weight is 257 g/mol. The van der Waals surface area contributed by atoms with E-state index in [1.54, 1.807) is 11.3 Å². The predicted octanol–water partition coefficient (Wildman–Crippen LogP) is 1.58. The average Bonchev–Trinajstić information content (AvgIpc) is 2.69. The van der Waals surface area contributed by atoms with Crippen LogP contribution in [0.4, 0.5) is 0 Å². The summed E-state index contributed by atoms with van der Waals surface area (Å²) in [6.45, 7) is 4.80. The largest absolute Gasteiger partial charge is 0.361 e. The van der Waals surface area contributed by atoms with Crippen LogP contribution in [0.2, 0.25) is 0 Å². The first kappa shape index (κ1) is 12.9. The third-order valence-corrected chi connectivity index (χ3v) is 2.93. The lowest BCUT2D eigenvalue weighted by atomic mass is 10.3. The van der Waals surface area contributed by atoms with Crippen LogP contribution in [0.1, 0.15) is 28.6 Å². The van der Waals surface area contributed by atoms with Crippen LogP contribution >= 0.6 is 23.6 Å². The molecule has 0 saturated carbocycles. The van der Waals surface area contributed by atoms with Gasteiger partial charge in [-0.25, -0.2) is 0 Å². The van der Waals surface area contributed by atoms with E-state index in [9.17, 15) is 4.79 Å². The van der Waals surface area contributed by atoms with Gasteiger partial charge in [0.2, 0.25) is 0 Å². The van der Waals surface area contributed by atoms with Crippen molar-refractivity contribution < 1.29 is 4.79 Å². The Kier molecular flexibility index (Phi) is 5.21. The van der Waals surface area contributed by atoms with E-state index in [0.29, 0.717) is 10.7 Å². The van der Waals surface area contributed by atoms with E-state index in [4.69, 9.17) is 12.2 Å². The first-order valence-corrected chi connectivity index (χ1v) is 6.31. The van der Waals surface area contributed by atoms with Gasteiger partial charge in [0.15, 0.2) is 5.11 Å². The highest BCUT2D eigenvalue weighted by Gasteiger charge is 2.06. The summed E-state index contributed by atoms with van der Waals surface area (Å²) in [5.41, 5.74) is 5.83. The van der Waals surface area contributed by atoms with Crippen molar-refractivity contribution >= 4 is 34.6 Å². The van der Waals surface area contributed by atoms with Crippen molar-refractivity contribution in [3.63, 3.8) is 0 Å². The van der Waals surface area contributed by atoms with Crippen molar-refractivity contribution in [2.45, 2.75) is 20.3 Å². The van der Waals surface area contributed by atoms with E-state index in [2.05, 4.69) is 16.2 Å². The van der Waals surface area contributed by atoms with Gasteiger partial charge in [-0.05, 0) is 31.6 Å². The highest BCUT2D eigenvalue weighted by atomic mass is 32.1. The molecule has 0 spiro atoms. The summed E-state index contributed by atoms with van der Waals surface area (Å²) in [7, 11) is 0. The zero-order valence-electron chi connectivity index (χ0n) is 9.29. The van der Waals surface area contributed by atoms with E-state index >= 15 is 0 Å². The summed E-state index contributed by atoms with van der Waals surface area (Å²) in [4.78, 5) is 12.7. The molecule has 0 bridgehead atoms. The van der Waals surface area contributed by atoms with Gasteiger partial charge in [-0.15, -0.1) is 11.3 Å². The van der Waals surface area contributed by atoms with Gasteiger partial charge < -0.3 is 5.32 Å². The molecule has 0 aliphatic carbocycles. The standard InChI is InChI=1S/C10H15N3OS2/c1-3-4-11-10(15)13-12-9(14)8-5-7(2)16-6-8/h5-6H,3-4H2,1-2H3,(H,12,14)(H2,11,13,15). The van der Waals surface area contributed by atoms with E-state index in [1.807, 2.05) is 25.3 Å². The molecule has 3 N–H and O–H groups in total. The first-order chi connectivity index (χ1) is 7.63. The normalized spacial score (nSPS) is 9.62. The molecular weight excluding hydrogens is 242 g/mol. The minimum atomic E-state index is -0.176. The summed E-state index contributed by atoms with van der Waals surface area (Å²) in [6.07, 6.45) is 0.986. The van der Waals surface area contributed by atoms with Gasteiger partial charge in [0, 0.05) is 16.8 Å². The molecule has 1 aromatic heterocycles. The number of aryl methyl sites for hydroxylation is 1. The van der Waals surface area contributed by atoms with Crippen LogP contribution in [-0.4, -0.2) is 17.6 Å². The Morgan fingerprint density at radius 1 is 1.50 bits per heavy atom. The number of hydrogen-bond donors (Lipinski definition) is 3. The second-order valence-electron chi connectivity index (χ2n) is 3.28. The maximum absolute atomic E-state index is 11.6. The Hall–Kier alpha value is -1.14. The van der Waals surface area contributed by atoms with Crippen LogP contribution in [0, 0.1) is 6.92 Å². The highest BCUT2D eigenvalue weighted by Crippen LogP contribution is 2.12. The van der Waals surface area contributed by atoms with Gasteiger partial charge in [0.05, 0.1) is 5.56 Å². The number of carbonyl (C=O) groups is 1. The molecule has 0 aliphatic rings. The van der Waals surface area contributed by atoms with Crippen molar-refractivity contribution in [3.8, 4) is 0 Å². The number of thiocarbonyl (C=S) groups is 1. The number of nitrogens with one attached hydrogen (secondary N) is 3. The third kappa shape index (κ3) is 4.16. The van der Waals surface area contributed by atoms with Gasteiger partial charge in [-0.2, -0.15) is 0 Å². The minimum absolute atomic E-state index is 0.176. The minimum Gasteiger partial charge on any atom is -0.361 e. The summed E-state index contributed by atoms with van der Waals surface area (Å²) in [5, 5.41) is 5.20. The van der Waals surface area contributed by atoms with Crippen molar-refractivity contribution in [1.82, 2.24) is 16.2 Å². The van der Waals surface area contributed by atoms with E-state index in [0.717, 1.165) is 17.8 Å². The summed E-state index contributed by atoms with van der Waals surface area (Å²) < 4.78 is 0. The molecule has 0 radical (unpaired) electrons. The van der Waals surface area contributed by atoms with Crippen LogP contribution in [-0.2, 0) is 0 Å². The van der Waals surface area contributed by atoms with E-state index in [-0.39, 0.29) is 5.91 Å². The summed E-state index contributed by atoms with van der Waals surface area (Å²) in [5.74, 6) is -0.176. The van der Waals surface area contributed by atoms with Crippen LogP contribution in [0.5, 0.6) is 0 Å². The van der Waals surface area contributed by atoms with Gasteiger partial charge in [-0.3, -0.25) is 15.6 Å². The fraction of sp³-hybridized carbons (Fsp3) is 0.400. The lowest BCUT2D eigenvalue weighted by molar-refractivity contribution is 0.0944. The highest BCUT2D eigenvalue weighted by molar-refractivity contribution is 7.80. The quantitative estimate of drug-likeness (QED) is 0.568. The van der Waals surface area contributed by atoms with E-state index in [1.165, 1.54) is 0 Å². The maximum atomic E-state index is 11.6. The molecule has 0 saturated heterocycles. The van der Waals surface area contributed by atoms with E-state index < -0.39 is 0 Å². The third-order valence-electron chi connectivity index (χ3n) is 1.82. The zero-order chi connectivity index (χ0) is 12.0. The van der Waals surface area contributed by atoms with Gasteiger partial charge >= 0.3 is 0 Å². The lowest BCUT2D eigenvalue weighted by Crippen LogP contribution is -2.46. The molecule has 0 atom stereocenters.